The lowest BCUT2D eigenvalue weighted by Gasteiger charge is -2.28. The van der Waals surface area contributed by atoms with Gasteiger partial charge >= 0.3 is 0 Å². The highest BCUT2D eigenvalue weighted by atomic mass is 14.8. The van der Waals surface area contributed by atoms with E-state index >= 15 is 0 Å². The third-order valence-corrected chi connectivity index (χ3v) is 11.5. The first-order valence-electron chi connectivity index (χ1n) is 18.9. The van der Waals surface area contributed by atoms with Gasteiger partial charge in [-0.25, -0.2) is 4.99 Å². The molecule has 2 aliphatic rings. The lowest BCUT2D eigenvalue weighted by atomic mass is 9.79. The van der Waals surface area contributed by atoms with Gasteiger partial charge in [-0.3, -0.25) is 0 Å². The first-order chi connectivity index (χ1) is 26.8. The number of benzene rings is 9. The van der Waals surface area contributed by atoms with Crippen LogP contribution in [0.1, 0.15) is 23.5 Å². The summed E-state index contributed by atoms with van der Waals surface area (Å²) in [7, 11) is 0. The molecule has 0 radical (unpaired) electrons. The maximum atomic E-state index is 5.29. The molecule has 0 N–H and O–H groups in total. The molecule has 252 valence electrons. The molecule has 9 aromatic carbocycles. The van der Waals surface area contributed by atoms with Gasteiger partial charge in [0.05, 0.1) is 11.4 Å². The van der Waals surface area contributed by atoms with Crippen molar-refractivity contribution in [3.05, 3.63) is 211 Å². The van der Waals surface area contributed by atoms with E-state index < -0.39 is 0 Å². The average molecular weight is 686 g/mol. The van der Waals surface area contributed by atoms with Crippen molar-refractivity contribution in [3.8, 4) is 33.4 Å². The zero-order valence-corrected chi connectivity index (χ0v) is 29.7. The van der Waals surface area contributed by atoms with Crippen molar-refractivity contribution in [1.29, 1.82) is 0 Å². The van der Waals surface area contributed by atoms with Crippen LogP contribution in [0.4, 0.5) is 5.69 Å². The Balaban J connectivity index is 1.19. The van der Waals surface area contributed by atoms with Gasteiger partial charge in [-0.1, -0.05) is 176 Å². The van der Waals surface area contributed by atoms with Crippen LogP contribution < -0.4 is 0 Å². The number of allylic oxidation sites excluding steroid dienone is 4. The third kappa shape index (κ3) is 4.82. The molecule has 0 amide bonds. The average Bonchev–Trinajstić information content (AvgIpc) is 3.25. The molecule has 0 aromatic heterocycles. The summed E-state index contributed by atoms with van der Waals surface area (Å²) in [6.45, 7) is 0. The van der Waals surface area contributed by atoms with Crippen LogP contribution in [0.25, 0.3) is 76.5 Å². The fourth-order valence-corrected chi connectivity index (χ4v) is 9.10. The molecule has 54 heavy (non-hydrogen) atoms. The van der Waals surface area contributed by atoms with Gasteiger partial charge in [0.15, 0.2) is 0 Å². The van der Waals surface area contributed by atoms with Crippen molar-refractivity contribution in [2.75, 3.05) is 0 Å². The third-order valence-electron chi connectivity index (χ3n) is 11.5. The van der Waals surface area contributed by atoms with Crippen molar-refractivity contribution >= 4 is 54.5 Å². The number of nitrogens with zero attached hydrogens (tertiary/aromatic N) is 1. The summed E-state index contributed by atoms with van der Waals surface area (Å²) in [6.07, 6.45) is 7.92. The second-order valence-electron chi connectivity index (χ2n) is 14.5. The summed E-state index contributed by atoms with van der Waals surface area (Å²) >= 11 is 0. The van der Waals surface area contributed by atoms with E-state index in [0.29, 0.717) is 0 Å². The van der Waals surface area contributed by atoms with E-state index in [0.717, 1.165) is 23.4 Å². The van der Waals surface area contributed by atoms with Crippen LogP contribution in [0.15, 0.2) is 205 Å². The highest BCUT2D eigenvalue weighted by molar-refractivity contribution is 6.26. The maximum Gasteiger partial charge on any atom is 0.0747 e. The smallest absolute Gasteiger partial charge is 0.0747 e. The minimum Gasteiger partial charge on any atom is -0.248 e. The zero-order chi connectivity index (χ0) is 35.6. The van der Waals surface area contributed by atoms with Gasteiger partial charge in [0.2, 0.25) is 0 Å². The lowest BCUT2D eigenvalue weighted by molar-refractivity contribution is 0.979. The zero-order valence-electron chi connectivity index (χ0n) is 29.7. The fourth-order valence-electron chi connectivity index (χ4n) is 9.10. The van der Waals surface area contributed by atoms with Gasteiger partial charge in [-0.05, 0) is 112 Å². The van der Waals surface area contributed by atoms with Gasteiger partial charge in [0.1, 0.15) is 0 Å². The van der Waals surface area contributed by atoms with Crippen molar-refractivity contribution in [2.45, 2.75) is 12.3 Å². The molecule has 0 bridgehead atoms. The van der Waals surface area contributed by atoms with Gasteiger partial charge < -0.3 is 0 Å². The molecule has 1 atom stereocenters. The summed E-state index contributed by atoms with van der Waals surface area (Å²) in [5.41, 5.74) is 13.3. The van der Waals surface area contributed by atoms with Gasteiger partial charge in [-0.2, -0.15) is 0 Å². The van der Waals surface area contributed by atoms with Gasteiger partial charge in [0.25, 0.3) is 0 Å². The fraction of sp³-hybridized carbons (Fsp3) is 0.0377. The number of para-hydroxylation sites is 1. The molecule has 1 nitrogen and oxygen atoms in total. The topological polar surface area (TPSA) is 12.4 Å². The Hall–Kier alpha value is -6.83. The van der Waals surface area contributed by atoms with Crippen LogP contribution in [0.5, 0.6) is 0 Å². The normalized spacial score (nSPS) is 14.9. The van der Waals surface area contributed by atoms with Crippen LogP contribution in [0.2, 0.25) is 0 Å². The number of rotatable bonds is 4. The molecule has 0 saturated carbocycles. The number of fused-ring (bicyclic) bond motifs is 7. The van der Waals surface area contributed by atoms with E-state index in [1.807, 2.05) is 0 Å². The van der Waals surface area contributed by atoms with E-state index in [-0.39, 0.29) is 5.92 Å². The minimum absolute atomic E-state index is 0.232. The highest BCUT2D eigenvalue weighted by Crippen LogP contribution is 2.48. The molecule has 0 saturated heterocycles. The van der Waals surface area contributed by atoms with Crippen molar-refractivity contribution in [2.24, 2.45) is 4.99 Å². The summed E-state index contributed by atoms with van der Waals surface area (Å²) in [6, 6.07) is 64.7. The molecule has 11 rings (SSSR count). The summed E-state index contributed by atoms with van der Waals surface area (Å²) in [5.74, 6) is 0.232. The molecule has 0 fully saturated rings. The predicted octanol–water partition coefficient (Wildman–Crippen LogP) is 14.4. The van der Waals surface area contributed by atoms with Gasteiger partial charge in [-0.15, -0.1) is 0 Å². The lowest BCUT2D eigenvalue weighted by Crippen LogP contribution is -2.17. The Bertz CT molecular complexity index is 3070. The van der Waals surface area contributed by atoms with E-state index in [9.17, 15) is 0 Å². The predicted molar refractivity (Wildman–Crippen MR) is 230 cm³/mol. The highest BCUT2D eigenvalue weighted by Gasteiger charge is 2.28. The molecule has 0 spiro atoms. The van der Waals surface area contributed by atoms with Crippen LogP contribution in [0, 0.1) is 0 Å². The van der Waals surface area contributed by atoms with Crippen LogP contribution in [0.3, 0.4) is 0 Å². The summed E-state index contributed by atoms with van der Waals surface area (Å²) in [5, 5.41) is 10.0. The molecule has 9 aromatic rings. The maximum absolute atomic E-state index is 5.29. The van der Waals surface area contributed by atoms with E-state index in [1.165, 1.54) is 87.6 Å². The van der Waals surface area contributed by atoms with E-state index in [2.05, 4.69) is 194 Å². The van der Waals surface area contributed by atoms with E-state index in [1.54, 1.807) is 0 Å². The Kier molecular flexibility index (Phi) is 7.06. The monoisotopic (exact) mass is 685 g/mol. The number of hydrogen-bond donors (Lipinski definition) is 0. The van der Waals surface area contributed by atoms with E-state index in [4.69, 9.17) is 4.99 Å². The molecular formula is C53H35N. The Morgan fingerprint density at radius 3 is 1.72 bits per heavy atom. The van der Waals surface area contributed by atoms with Crippen molar-refractivity contribution in [1.82, 2.24) is 0 Å². The Morgan fingerprint density at radius 1 is 0.426 bits per heavy atom. The molecule has 1 unspecified atom stereocenters. The number of aliphatic imine (C=N–C) groups is 1. The van der Waals surface area contributed by atoms with Crippen LogP contribution >= 0.6 is 0 Å². The van der Waals surface area contributed by atoms with Crippen molar-refractivity contribution in [3.63, 3.8) is 0 Å². The van der Waals surface area contributed by atoms with Crippen LogP contribution in [-0.2, 0) is 0 Å². The van der Waals surface area contributed by atoms with Gasteiger partial charge in [0, 0.05) is 11.5 Å². The summed E-state index contributed by atoms with van der Waals surface area (Å²) < 4.78 is 0. The molecule has 1 heterocycles. The SMILES string of the molecule is C1=CC2C(=CC1)C(c1cccc(-c3ccc4c(-c5cccc6ccccc56)c5ccccc5c(-c5cccc6ccccc56)c4c3)c1)=Nc1ccccc12. The standard InChI is InChI=1S/C53H35N/c1-3-20-39-34(14-1)16-12-27-43(39)51-45-24-6-7-25-46(45)52(44-28-13-17-35-15-2-4-21-40(35)44)49-33-37(30-31-47(49)51)36-18-11-19-38(32-36)53-48-26-8-5-22-41(48)42-23-9-10-29-50(42)54-53/h1-7,9-33,41H,8H2. The Morgan fingerprint density at radius 2 is 0.981 bits per heavy atom. The molecular weight excluding hydrogens is 651 g/mol. The minimum atomic E-state index is 0.232. The second kappa shape index (κ2) is 12.4. The largest absolute Gasteiger partial charge is 0.248 e. The summed E-state index contributed by atoms with van der Waals surface area (Å²) in [4.78, 5) is 5.29. The first kappa shape index (κ1) is 30.8. The molecule has 1 aliphatic carbocycles. The molecule has 1 heteroatoms. The van der Waals surface area contributed by atoms with Crippen LogP contribution in [-0.4, -0.2) is 5.71 Å². The number of hydrogen-bond acceptors (Lipinski definition) is 1. The quantitative estimate of drug-likeness (QED) is 0.129. The second-order valence-corrected chi connectivity index (χ2v) is 14.5. The Labute approximate surface area is 314 Å². The molecule has 1 aliphatic heterocycles. The first-order valence-corrected chi connectivity index (χ1v) is 18.9. The van der Waals surface area contributed by atoms with Crippen molar-refractivity contribution < 1.29 is 0 Å².